The Labute approximate surface area is 210 Å². The molecule has 0 saturated carbocycles. The zero-order valence-corrected chi connectivity index (χ0v) is 20.6. The highest BCUT2D eigenvalue weighted by atomic mass is 16.5. The van der Waals surface area contributed by atoms with Crippen LogP contribution in [0.25, 0.3) is 0 Å². The summed E-state index contributed by atoms with van der Waals surface area (Å²) in [7, 11) is 0. The maximum Gasteiger partial charge on any atom is 0.338 e. The van der Waals surface area contributed by atoms with Gasteiger partial charge in [-0.15, -0.1) is 0 Å². The average molecular weight is 493 g/mol. The van der Waals surface area contributed by atoms with E-state index in [2.05, 4.69) is 9.80 Å². The van der Waals surface area contributed by atoms with Gasteiger partial charge in [-0.3, -0.25) is 9.80 Å². The standard InChI is InChI=1S/C28H32N2O6/c1-15-7-18-8-17(3-4-22(18)28(34)36-15)25(31)12-29-10-20-9-19(29)11-30(20)13-26(32)21-5-6-23-24(16(21)2)14-35-27(23)33/h3-6,8,15,19-20,25-26,31-32H,7,9-14H2,1-2H3/t15-,19+,20+,25-,26+/m1/s1. The number of β-amino-alcohol motifs (C(OH)–C–C–N with tert-alkyl or cyclic N) is 2. The third kappa shape index (κ3) is 4.02. The first-order valence-electron chi connectivity index (χ1n) is 12.8. The molecule has 0 radical (unpaired) electrons. The van der Waals surface area contributed by atoms with Gasteiger partial charge < -0.3 is 19.7 Å². The van der Waals surface area contributed by atoms with E-state index in [1.54, 1.807) is 12.1 Å². The number of cyclic esters (lactones) is 2. The van der Waals surface area contributed by atoms with E-state index in [0.717, 1.165) is 47.3 Å². The number of rotatable bonds is 6. The smallest absolute Gasteiger partial charge is 0.338 e. The van der Waals surface area contributed by atoms with E-state index in [4.69, 9.17) is 9.47 Å². The van der Waals surface area contributed by atoms with Gasteiger partial charge in [-0.05, 0) is 54.7 Å². The number of ether oxygens (including phenoxy) is 2. The number of likely N-dealkylation sites (tertiary alicyclic amines) is 2. The molecule has 36 heavy (non-hydrogen) atoms. The number of carbonyl (C=O) groups excluding carboxylic acids is 2. The maximum atomic E-state index is 12.1. The lowest BCUT2D eigenvalue weighted by Gasteiger charge is -2.36. The van der Waals surface area contributed by atoms with Gasteiger partial charge in [0.05, 0.1) is 23.3 Å². The van der Waals surface area contributed by atoms with Crippen LogP contribution in [0, 0.1) is 6.92 Å². The number of esters is 2. The molecule has 0 aliphatic carbocycles. The molecule has 2 aromatic carbocycles. The Kier molecular flexibility index (Phi) is 5.87. The quantitative estimate of drug-likeness (QED) is 0.593. The molecule has 2 fully saturated rings. The van der Waals surface area contributed by atoms with Crippen molar-refractivity contribution in [3.05, 3.63) is 69.3 Å². The fraction of sp³-hybridized carbons (Fsp3) is 0.500. The minimum Gasteiger partial charge on any atom is -0.459 e. The highest BCUT2D eigenvalue weighted by Gasteiger charge is 2.44. The summed E-state index contributed by atoms with van der Waals surface area (Å²) in [5.74, 6) is -0.582. The molecule has 0 amide bonds. The number of hydrogen-bond acceptors (Lipinski definition) is 8. The number of carbonyl (C=O) groups is 2. The Hall–Kier alpha value is -2.78. The molecule has 4 aliphatic heterocycles. The molecular formula is C28H32N2O6. The SMILES string of the molecule is Cc1c([C@@H](O)CN2C[C@@H]3C[C@H]2CN3C[C@@H](O)c2ccc3c(c2)C[C@@H](C)OC3=O)ccc2c1COC2=O. The predicted octanol–water partition coefficient (Wildman–Crippen LogP) is 2.29. The van der Waals surface area contributed by atoms with Crippen LogP contribution in [-0.4, -0.2) is 76.3 Å². The third-order valence-electron chi connectivity index (χ3n) is 8.40. The minimum absolute atomic E-state index is 0.149. The van der Waals surface area contributed by atoms with Gasteiger partial charge in [0.1, 0.15) is 12.7 Å². The Morgan fingerprint density at radius 3 is 2.39 bits per heavy atom. The molecule has 0 aromatic heterocycles. The first kappa shape index (κ1) is 23.6. The molecule has 6 rings (SSSR count). The molecule has 2 N–H and O–H groups in total. The Balaban J connectivity index is 1.07. The van der Waals surface area contributed by atoms with Gasteiger partial charge in [0.2, 0.25) is 0 Å². The van der Waals surface area contributed by atoms with Gasteiger partial charge in [-0.2, -0.15) is 0 Å². The van der Waals surface area contributed by atoms with Gasteiger partial charge in [-0.1, -0.05) is 18.2 Å². The number of hydrogen-bond donors (Lipinski definition) is 2. The summed E-state index contributed by atoms with van der Waals surface area (Å²) in [5.41, 5.74) is 5.65. The minimum atomic E-state index is -0.631. The maximum absolute atomic E-state index is 12.1. The van der Waals surface area contributed by atoms with E-state index in [0.29, 0.717) is 42.7 Å². The predicted molar refractivity (Wildman–Crippen MR) is 131 cm³/mol. The van der Waals surface area contributed by atoms with Crippen molar-refractivity contribution < 1.29 is 29.3 Å². The van der Waals surface area contributed by atoms with Crippen molar-refractivity contribution in [3.8, 4) is 0 Å². The van der Waals surface area contributed by atoms with Crippen molar-refractivity contribution in [1.29, 1.82) is 0 Å². The molecule has 2 aromatic rings. The number of piperazine rings is 1. The average Bonchev–Trinajstić information content (AvgIpc) is 3.53. The number of aliphatic hydroxyl groups excluding tert-OH is 2. The van der Waals surface area contributed by atoms with Crippen molar-refractivity contribution >= 4 is 11.9 Å². The van der Waals surface area contributed by atoms with E-state index in [-0.39, 0.29) is 24.6 Å². The number of fused-ring (bicyclic) bond motifs is 4. The van der Waals surface area contributed by atoms with E-state index >= 15 is 0 Å². The zero-order chi connectivity index (χ0) is 25.1. The van der Waals surface area contributed by atoms with Crippen LogP contribution in [0.5, 0.6) is 0 Å². The van der Waals surface area contributed by atoms with E-state index in [1.165, 1.54) is 0 Å². The van der Waals surface area contributed by atoms with Crippen LogP contribution in [0.4, 0.5) is 0 Å². The number of nitrogens with zero attached hydrogens (tertiary/aromatic N) is 2. The number of benzene rings is 2. The normalized spacial score (nSPS) is 26.9. The largest absolute Gasteiger partial charge is 0.459 e. The van der Waals surface area contributed by atoms with Crippen molar-refractivity contribution in [2.24, 2.45) is 0 Å². The molecule has 8 heteroatoms. The lowest BCUT2D eigenvalue weighted by atomic mass is 9.95. The van der Waals surface area contributed by atoms with Crippen LogP contribution in [0.1, 0.15) is 74.1 Å². The number of aliphatic hydroxyl groups is 2. The molecule has 0 spiro atoms. The lowest BCUT2D eigenvalue weighted by Crippen LogP contribution is -2.48. The van der Waals surface area contributed by atoms with Crippen molar-refractivity contribution in [2.75, 3.05) is 26.2 Å². The second-order valence-electron chi connectivity index (χ2n) is 10.7. The van der Waals surface area contributed by atoms with Crippen molar-refractivity contribution in [2.45, 2.75) is 63.7 Å². The fourth-order valence-corrected chi connectivity index (χ4v) is 6.44. The summed E-state index contributed by atoms with van der Waals surface area (Å²) in [5, 5.41) is 22.0. The topological polar surface area (TPSA) is 99.5 Å². The third-order valence-corrected chi connectivity index (χ3v) is 8.40. The van der Waals surface area contributed by atoms with Crippen LogP contribution < -0.4 is 0 Å². The fourth-order valence-electron chi connectivity index (χ4n) is 6.44. The van der Waals surface area contributed by atoms with E-state index in [9.17, 15) is 19.8 Å². The second kappa shape index (κ2) is 8.95. The molecule has 190 valence electrons. The van der Waals surface area contributed by atoms with Crippen LogP contribution in [-0.2, 0) is 22.5 Å². The summed E-state index contributed by atoms with van der Waals surface area (Å²) in [6, 6.07) is 9.85. The summed E-state index contributed by atoms with van der Waals surface area (Å²) in [6.45, 7) is 6.92. The Morgan fingerprint density at radius 1 is 0.972 bits per heavy atom. The zero-order valence-electron chi connectivity index (χ0n) is 20.6. The van der Waals surface area contributed by atoms with Crippen LogP contribution >= 0.6 is 0 Å². The summed E-state index contributed by atoms with van der Waals surface area (Å²) >= 11 is 0. The first-order valence-corrected chi connectivity index (χ1v) is 12.8. The Bertz CT molecular complexity index is 1230. The van der Waals surface area contributed by atoms with Gasteiger partial charge >= 0.3 is 11.9 Å². The van der Waals surface area contributed by atoms with Crippen LogP contribution in [0.15, 0.2) is 30.3 Å². The molecule has 4 aliphatic rings. The Morgan fingerprint density at radius 2 is 1.67 bits per heavy atom. The molecule has 4 heterocycles. The van der Waals surface area contributed by atoms with Crippen molar-refractivity contribution in [3.63, 3.8) is 0 Å². The van der Waals surface area contributed by atoms with Crippen molar-refractivity contribution in [1.82, 2.24) is 9.80 Å². The summed E-state index contributed by atoms with van der Waals surface area (Å²) in [4.78, 5) is 28.6. The second-order valence-corrected chi connectivity index (χ2v) is 10.7. The molecule has 5 atom stereocenters. The van der Waals surface area contributed by atoms with Gasteiger partial charge in [-0.25, -0.2) is 9.59 Å². The lowest BCUT2D eigenvalue weighted by molar-refractivity contribution is 0.0299. The summed E-state index contributed by atoms with van der Waals surface area (Å²) in [6.07, 6.45) is 0.290. The monoisotopic (exact) mass is 492 g/mol. The van der Waals surface area contributed by atoms with Crippen LogP contribution in [0.3, 0.4) is 0 Å². The first-order chi connectivity index (χ1) is 17.3. The summed E-state index contributed by atoms with van der Waals surface area (Å²) < 4.78 is 10.4. The molecular weight excluding hydrogens is 460 g/mol. The van der Waals surface area contributed by atoms with Gasteiger partial charge in [0, 0.05) is 50.2 Å². The van der Waals surface area contributed by atoms with Gasteiger partial charge in [0.25, 0.3) is 0 Å². The molecule has 0 unspecified atom stereocenters. The van der Waals surface area contributed by atoms with E-state index in [1.807, 2.05) is 32.0 Å². The molecule has 2 bridgehead atoms. The van der Waals surface area contributed by atoms with E-state index < -0.39 is 12.2 Å². The highest BCUT2D eigenvalue weighted by molar-refractivity contribution is 5.94. The van der Waals surface area contributed by atoms with Crippen LogP contribution in [0.2, 0.25) is 0 Å². The molecule has 8 nitrogen and oxygen atoms in total. The highest BCUT2D eigenvalue weighted by Crippen LogP contribution is 2.35. The molecule has 2 saturated heterocycles. The van der Waals surface area contributed by atoms with Gasteiger partial charge in [0.15, 0.2) is 0 Å².